The van der Waals surface area contributed by atoms with Crippen LogP contribution in [0.5, 0.6) is 5.75 Å². The van der Waals surface area contributed by atoms with Crippen LogP contribution >= 0.6 is 0 Å². The molecule has 8 nitrogen and oxygen atoms in total. The molecule has 14 heteroatoms. The predicted octanol–water partition coefficient (Wildman–Crippen LogP) is 6.56. The number of ether oxygens (including phenoxy) is 1. The Morgan fingerprint density at radius 2 is 1.64 bits per heavy atom. The number of fused-ring (bicyclic) bond motifs is 1. The van der Waals surface area contributed by atoms with Gasteiger partial charge < -0.3 is 10.1 Å². The molecule has 5 aromatic rings. The van der Waals surface area contributed by atoms with Crippen LogP contribution in [0.4, 0.5) is 32.0 Å². The van der Waals surface area contributed by atoms with Gasteiger partial charge in [-0.2, -0.15) is 36.5 Å². The molecule has 1 N–H and O–H groups in total. The van der Waals surface area contributed by atoms with Crippen molar-refractivity contribution in [2.75, 3.05) is 12.4 Å². The zero-order valence-corrected chi connectivity index (χ0v) is 22.3. The molecule has 3 heterocycles. The molecule has 0 fully saturated rings. The third kappa shape index (κ3) is 5.64. The van der Waals surface area contributed by atoms with Crippen molar-refractivity contribution < 1.29 is 35.9 Å². The first-order valence-corrected chi connectivity index (χ1v) is 12.4. The zero-order valence-electron chi connectivity index (χ0n) is 22.3. The Hall–Kier alpha value is -4.88. The van der Waals surface area contributed by atoms with Crippen molar-refractivity contribution in [2.24, 2.45) is 0 Å². The third-order valence-electron chi connectivity index (χ3n) is 6.54. The van der Waals surface area contributed by atoms with Crippen molar-refractivity contribution in [3.05, 3.63) is 94.6 Å². The Labute approximate surface area is 234 Å². The number of hydrogen-bond acceptors (Lipinski definition) is 5. The Balaban J connectivity index is 1.45. The molecular weight excluding hydrogens is 566 g/mol. The molecular formula is C28H22F6N6O2. The third-order valence-corrected chi connectivity index (χ3v) is 6.54. The standard InChI is InChI=1S/C28H22F6N6O2/c1-15-25(16(2)39(37-15)14-17-5-4-6-19(11-17)27(29,30)31)36-26(41)22-13-24-35-21(18-7-9-20(42-3)10-8-18)12-23(28(32,33)34)40(24)38-22/h4-13H,14H2,1-3H3,(H,36,41). The van der Waals surface area contributed by atoms with E-state index in [0.717, 1.165) is 24.3 Å². The van der Waals surface area contributed by atoms with Crippen LogP contribution in [0.25, 0.3) is 16.9 Å². The lowest BCUT2D eigenvalue weighted by Crippen LogP contribution is -2.16. The fourth-order valence-corrected chi connectivity index (χ4v) is 4.43. The maximum absolute atomic E-state index is 14.0. The summed E-state index contributed by atoms with van der Waals surface area (Å²) in [5, 5.41) is 10.8. The van der Waals surface area contributed by atoms with Crippen molar-refractivity contribution in [1.29, 1.82) is 0 Å². The molecule has 0 saturated carbocycles. The van der Waals surface area contributed by atoms with Gasteiger partial charge in [-0.1, -0.05) is 12.1 Å². The lowest BCUT2D eigenvalue weighted by Gasteiger charge is -2.11. The molecule has 218 valence electrons. The molecule has 0 spiro atoms. The normalized spacial score (nSPS) is 12.1. The van der Waals surface area contributed by atoms with Gasteiger partial charge in [-0.15, -0.1) is 0 Å². The van der Waals surface area contributed by atoms with Crippen molar-refractivity contribution >= 4 is 17.2 Å². The number of nitrogens with one attached hydrogen (secondary N) is 1. The Morgan fingerprint density at radius 3 is 2.29 bits per heavy atom. The van der Waals surface area contributed by atoms with Gasteiger partial charge in [-0.05, 0) is 61.9 Å². The highest BCUT2D eigenvalue weighted by Gasteiger charge is 2.36. The molecule has 0 saturated heterocycles. The SMILES string of the molecule is COc1ccc(-c2cc(C(F)(F)F)n3nc(C(=O)Nc4c(C)nn(Cc5cccc(C(F)(F)F)c5)c4C)cc3n2)cc1. The van der Waals surface area contributed by atoms with Crippen molar-refractivity contribution in [3.63, 3.8) is 0 Å². The number of carbonyl (C=O) groups is 1. The summed E-state index contributed by atoms with van der Waals surface area (Å²) < 4.78 is 88.4. The number of aromatic nitrogens is 5. The molecule has 0 aliphatic rings. The highest BCUT2D eigenvalue weighted by atomic mass is 19.4. The van der Waals surface area contributed by atoms with Gasteiger partial charge >= 0.3 is 12.4 Å². The summed E-state index contributed by atoms with van der Waals surface area (Å²) in [4.78, 5) is 17.4. The summed E-state index contributed by atoms with van der Waals surface area (Å²) in [6.45, 7) is 3.19. The van der Waals surface area contributed by atoms with Crippen LogP contribution in [0.15, 0.2) is 60.7 Å². The first-order valence-electron chi connectivity index (χ1n) is 12.4. The van der Waals surface area contributed by atoms with Crippen LogP contribution in [-0.2, 0) is 18.9 Å². The molecule has 2 aromatic carbocycles. The molecule has 0 bridgehead atoms. The van der Waals surface area contributed by atoms with E-state index in [1.54, 1.807) is 38.1 Å². The minimum absolute atomic E-state index is 0.00612. The van der Waals surface area contributed by atoms with Crippen LogP contribution in [0.3, 0.4) is 0 Å². The van der Waals surface area contributed by atoms with Crippen molar-refractivity contribution in [1.82, 2.24) is 24.4 Å². The first kappa shape index (κ1) is 28.6. The molecule has 42 heavy (non-hydrogen) atoms. The molecule has 0 unspecified atom stereocenters. The van der Waals surface area contributed by atoms with Crippen LogP contribution in [0, 0.1) is 13.8 Å². The molecule has 0 aliphatic carbocycles. The van der Waals surface area contributed by atoms with E-state index in [-0.39, 0.29) is 29.3 Å². The fraction of sp³-hybridized carbons (Fsp3) is 0.214. The van der Waals surface area contributed by atoms with E-state index in [2.05, 4.69) is 20.5 Å². The van der Waals surface area contributed by atoms with E-state index < -0.39 is 29.5 Å². The smallest absolute Gasteiger partial charge is 0.433 e. The fourth-order valence-electron chi connectivity index (χ4n) is 4.43. The number of amides is 1. The van der Waals surface area contributed by atoms with Gasteiger partial charge in [0.05, 0.1) is 42.0 Å². The van der Waals surface area contributed by atoms with Gasteiger partial charge in [0.1, 0.15) is 5.75 Å². The first-order chi connectivity index (χ1) is 19.7. The summed E-state index contributed by atoms with van der Waals surface area (Å²) >= 11 is 0. The second-order valence-corrected chi connectivity index (χ2v) is 9.41. The summed E-state index contributed by atoms with van der Waals surface area (Å²) in [5.41, 5.74) is -0.659. The number of rotatable bonds is 6. The summed E-state index contributed by atoms with van der Waals surface area (Å²) in [7, 11) is 1.46. The largest absolute Gasteiger partial charge is 0.497 e. The van der Waals surface area contributed by atoms with E-state index >= 15 is 0 Å². The minimum Gasteiger partial charge on any atom is -0.497 e. The zero-order chi connectivity index (χ0) is 30.4. The summed E-state index contributed by atoms with van der Waals surface area (Å²) in [5.74, 6) is -0.299. The van der Waals surface area contributed by atoms with Crippen LogP contribution in [0.1, 0.15) is 38.7 Å². The van der Waals surface area contributed by atoms with Gasteiger partial charge in [-0.3, -0.25) is 9.48 Å². The Kier molecular flexibility index (Phi) is 7.16. The van der Waals surface area contributed by atoms with E-state index in [9.17, 15) is 31.1 Å². The Morgan fingerprint density at radius 1 is 0.929 bits per heavy atom. The number of carbonyl (C=O) groups excluding carboxylic acids is 1. The van der Waals surface area contributed by atoms with Crippen LogP contribution < -0.4 is 10.1 Å². The number of hydrogen-bond donors (Lipinski definition) is 1. The molecule has 0 radical (unpaired) electrons. The second kappa shape index (κ2) is 10.5. The number of benzene rings is 2. The number of anilines is 1. The topological polar surface area (TPSA) is 86.3 Å². The summed E-state index contributed by atoms with van der Waals surface area (Å²) in [6.07, 6.45) is -9.31. The highest BCUT2D eigenvalue weighted by molar-refractivity contribution is 6.04. The van der Waals surface area contributed by atoms with Gasteiger partial charge in [0.15, 0.2) is 17.0 Å². The van der Waals surface area contributed by atoms with E-state index in [1.165, 1.54) is 23.9 Å². The van der Waals surface area contributed by atoms with Crippen LogP contribution in [-0.4, -0.2) is 37.4 Å². The van der Waals surface area contributed by atoms with Gasteiger partial charge in [0.25, 0.3) is 5.91 Å². The van der Waals surface area contributed by atoms with Gasteiger partial charge in [-0.25, -0.2) is 9.50 Å². The van der Waals surface area contributed by atoms with Gasteiger partial charge in [0.2, 0.25) is 0 Å². The quantitative estimate of drug-likeness (QED) is 0.227. The highest BCUT2D eigenvalue weighted by Crippen LogP contribution is 2.33. The summed E-state index contributed by atoms with van der Waals surface area (Å²) in [6, 6.07) is 13.1. The number of alkyl halides is 6. The number of methoxy groups -OCH3 is 1. The predicted molar refractivity (Wildman–Crippen MR) is 140 cm³/mol. The average Bonchev–Trinajstić information content (AvgIpc) is 3.48. The Bertz CT molecular complexity index is 1790. The molecule has 0 atom stereocenters. The van der Waals surface area contributed by atoms with E-state index in [0.29, 0.717) is 32.8 Å². The maximum Gasteiger partial charge on any atom is 0.433 e. The van der Waals surface area contributed by atoms with Gasteiger partial charge in [0, 0.05) is 11.6 Å². The molecule has 0 aliphatic heterocycles. The number of nitrogens with zero attached hydrogens (tertiary/aromatic N) is 5. The van der Waals surface area contributed by atoms with E-state index in [4.69, 9.17) is 4.74 Å². The maximum atomic E-state index is 14.0. The number of halogens is 6. The lowest BCUT2D eigenvalue weighted by molar-refractivity contribution is -0.142. The molecule has 5 rings (SSSR count). The second-order valence-electron chi connectivity index (χ2n) is 9.41. The monoisotopic (exact) mass is 588 g/mol. The number of aryl methyl sites for hydroxylation is 1. The van der Waals surface area contributed by atoms with E-state index in [1.807, 2.05) is 0 Å². The van der Waals surface area contributed by atoms with Crippen molar-refractivity contribution in [2.45, 2.75) is 32.7 Å². The molecule has 1 amide bonds. The van der Waals surface area contributed by atoms with Crippen LogP contribution in [0.2, 0.25) is 0 Å². The molecule has 3 aromatic heterocycles. The minimum atomic E-state index is -4.81. The van der Waals surface area contributed by atoms with Crippen molar-refractivity contribution in [3.8, 4) is 17.0 Å². The average molecular weight is 589 g/mol. The lowest BCUT2D eigenvalue weighted by atomic mass is 10.1.